The molecule has 2 heterocycles. The van der Waals surface area contributed by atoms with Crippen molar-refractivity contribution in [1.29, 1.82) is 0 Å². The topological polar surface area (TPSA) is 55.1 Å². The highest BCUT2D eigenvalue weighted by atomic mass is 35.5. The third kappa shape index (κ3) is 1.56. The molecule has 4 nitrogen and oxygen atoms in total. The van der Waals surface area contributed by atoms with Gasteiger partial charge in [0, 0.05) is 17.8 Å². The molecule has 0 bridgehead atoms. The molecule has 0 aliphatic rings. The molecule has 0 aliphatic heterocycles. The van der Waals surface area contributed by atoms with E-state index in [1.807, 2.05) is 0 Å². The molecular formula is C9H7ClN2O2. The molecule has 0 atom stereocenters. The van der Waals surface area contributed by atoms with Crippen LogP contribution in [0.2, 0.25) is 5.02 Å². The van der Waals surface area contributed by atoms with E-state index in [4.69, 9.17) is 16.7 Å². The quantitative estimate of drug-likeness (QED) is 0.822. The van der Waals surface area contributed by atoms with Crippen LogP contribution in [-0.4, -0.2) is 20.6 Å². The van der Waals surface area contributed by atoms with E-state index >= 15 is 0 Å². The lowest BCUT2D eigenvalue weighted by atomic mass is 10.3. The highest BCUT2D eigenvalue weighted by molar-refractivity contribution is 6.31. The molecule has 0 aromatic carbocycles. The Morgan fingerprint density at radius 1 is 1.64 bits per heavy atom. The molecule has 1 N–H and O–H groups in total. The van der Waals surface area contributed by atoms with Crippen LogP contribution in [0.15, 0.2) is 24.5 Å². The van der Waals surface area contributed by atoms with Crippen molar-refractivity contribution in [2.45, 2.75) is 6.54 Å². The highest BCUT2D eigenvalue weighted by Gasteiger charge is 2.05. The third-order valence-corrected chi connectivity index (χ3v) is 2.08. The first-order valence-corrected chi connectivity index (χ1v) is 4.37. The maximum absolute atomic E-state index is 10.5. The van der Waals surface area contributed by atoms with Crippen molar-refractivity contribution in [2.24, 2.45) is 0 Å². The van der Waals surface area contributed by atoms with Gasteiger partial charge in [0.15, 0.2) is 0 Å². The number of aromatic nitrogens is 2. The number of halogens is 1. The predicted octanol–water partition coefficient (Wildman–Crippen LogP) is 1.77. The lowest BCUT2D eigenvalue weighted by molar-refractivity contribution is -0.137. The third-order valence-electron chi connectivity index (χ3n) is 1.87. The van der Waals surface area contributed by atoms with Crippen LogP contribution >= 0.6 is 11.6 Å². The number of carboxylic acid groups (broad SMARTS) is 1. The van der Waals surface area contributed by atoms with Crippen LogP contribution in [0, 0.1) is 0 Å². The summed E-state index contributed by atoms with van der Waals surface area (Å²) >= 11 is 5.75. The van der Waals surface area contributed by atoms with Gasteiger partial charge in [-0.1, -0.05) is 11.6 Å². The number of rotatable bonds is 2. The van der Waals surface area contributed by atoms with Crippen molar-refractivity contribution in [3.05, 3.63) is 29.5 Å². The average molecular weight is 211 g/mol. The van der Waals surface area contributed by atoms with Crippen molar-refractivity contribution in [2.75, 3.05) is 0 Å². The van der Waals surface area contributed by atoms with Crippen LogP contribution in [0.4, 0.5) is 0 Å². The second-order valence-corrected chi connectivity index (χ2v) is 3.34. The van der Waals surface area contributed by atoms with E-state index in [9.17, 15) is 4.79 Å². The zero-order chi connectivity index (χ0) is 10.1. The second-order valence-electron chi connectivity index (χ2n) is 2.90. The SMILES string of the molecule is O=C(O)Cn1ccc2cc(Cl)cnc21. The van der Waals surface area contributed by atoms with Gasteiger partial charge in [-0.25, -0.2) is 4.98 Å². The van der Waals surface area contributed by atoms with Crippen molar-refractivity contribution in [3.63, 3.8) is 0 Å². The van der Waals surface area contributed by atoms with Crippen molar-refractivity contribution < 1.29 is 9.90 Å². The molecule has 0 amide bonds. The number of hydrogen-bond acceptors (Lipinski definition) is 2. The van der Waals surface area contributed by atoms with Crippen LogP contribution in [0.1, 0.15) is 0 Å². The summed E-state index contributed by atoms with van der Waals surface area (Å²) < 4.78 is 1.56. The normalized spacial score (nSPS) is 10.6. The zero-order valence-corrected chi connectivity index (χ0v) is 7.90. The van der Waals surface area contributed by atoms with Gasteiger partial charge < -0.3 is 9.67 Å². The van der Waals surface area contributed by atoms with E-state index in [0.717, 1.165) is 5.39 Å². The van der Waals surface area contributed by atoms with Gasteiger partial charge in [0.05, 0.1) is 5.02 Å². The molecule has 0 saturated carbocycles. The van der Waals surface area contributed by atoms with Crippen LogP contribution in [-0.2, 0) is 11.3 Å². The second kappa shape index (κ2) is 3.31. The van der Waals surface area contributed by atoms with Crippen LogP contribution in [0.25, 0.3) is 11.0 Å². The summed E-state index contributed by atoms with van der Waals surface area (Å²) in [4.78, 5) is 14.6. The summed E-state index contributed by atoms with van der Waals surface area (Å²) in [6.07, 6.45) is 3.18. The largest absolute Gasteiger partial charge is 0.480 e. The molecule has 72 valence electrons. The summed E-state index contributed by atoms with van der Waals surface area (Å²) in [5.74, 6) is -0.890. The molecule has 0 unspecified atom stereocenters. The van der Waals surface area contributed by atoms with Gasteiger partial charge in [-0.05, 0) is 12.1 Å². The summed E-state index contributed by atoms with van der Waals surface area (Å²) in [6, 6.07) is 3.54. The van der Waals surface area contributed by atoms with Gasteiger partial charge in [0.1, 0.15) is 12.2 Å². The molecule has 0 spiro atoms. The maximum Gasteiger partial charge on any atom is 0.323 e. The molecule has 0 fully saturated rings. The Balaban J connectivity index is 2.52. The minimum atomic E-state index is -0.890. The summed E-state index contributed by atoms with van der Waals surface area (Å²) in [5, 5.41) is 10.0. The first-order chi connectivity index (χ1) is 6.66. The van der Waals surface area contributed by atoms with Gasteiger partial charge >= 0.3 is 5.97 Å². The van der Waals surface area contributed by atoms with E-state index in [0.29, 0.717) is 10.7 Å². The molecule has 14 heavy (non-hydrogen) atoms. The Hall–Kier alpha value is -1.55. The first kappa shape index (κ1) is 9.02. The Kier molecular flexibility index (Phi) is 2.13. The Morgan fingerprint density at radius 3 is 3.14 bits per heavy atom. The molecular weight excluding hydrogens is 204 g/mol. The molecule has 2 aromatic heterocycles. The number of carbonyl (C=O) groups is 1. The number of hydrogen-bond donors (Lipinski definition) is 1. The zero-order valence-electron chi connectivity index (χ0n) is 7.14. The minimum absolute atomic E-state index is 0.0852. The van der Waals surface area contributed by atoms with Crippen LogP contribution in [0.5, 0.6) is 0 Å². The van der Waals surface area contributed by atoms with Crippen LogP contribution in [0.3, 0.4) is 0 Å². The summed E-state index contributed by atoms with van der Waals surface area (Å²) in [6.45, 7) is -0.0852. The van der Waals surface area contributed by atoms with Gasteiger partial charge in [-0.2, -0.15) is 0 Å². The highest BCUT2D eigenvalue weighted by Crippen LogP contribution is 2.17. The molecule has 0 saturated heterocycles. The Bertz CT molecular complexity index is 493. The molecule has 2 rings (SSSR count). The molecule has 2 aromatic rings. The van der Waals surface area contributed by atoms with E-state index in [2.05, 4.69) is 4.98 Å². The molecule has 0 aliphatic carbocycles. The number of nitrogens with zero attached hydrogens (tertiary/aromatic N) is 2. The number of carboxylic acids is 1. The Morgan fingerprint density at radius 2 is 2.43 bits per heavy atom. The van der Waals surface area contributed by atoms with E-state index in [-0.39, 0.29) is 6.54 Å². The minimum Gasteiger partial charge on any atom is -0.480 e. The van der Waals surface area contributed by atoms with Gasteiger partial charge in [0.25, 0.3) is 0 Å². The fourth-order valence-corrected chi connectivity index (χ4v) is 1.49. The number of aliphatic carboxylic acids is 1. The van der Waals surface area contributed by atoms with E-state index < -0.39 is 5.97 Å². The summed E-state index contributed by atoms with van der Waals surface area (Å²) in [5.41, 5.74) is 0.636. The van der Waals surface area contributed by atoms with Crippen molar-refractivity contribution >= 4 is 28.6 Å². The van der Waals surface area contributed by atoms with Crippen molar-refractivity contribution in [1.82, 2.24) is 9.55 Å². The van der Waals surface area contributed by atoms with Gasteiger partial charge in [-0.15, -0.1) is 0 Å². The number of pyridine rings is 1. The number of fused-ring (bicyclic) bond motifs is 1. The summed E-state index contributed by atoms with van der Waals surface area (Å²) in [7, 11) is 0. The lowest BCUT2D eigenvalue weighted by Crippen LogP contribution is -2.07. The maximum atomic E-state index is 10.5. The van der Waals surface area contributed by atoms with Crippen molar-refractivity contribution in [3.8, 4) is 0 Å². The molecule has 0 radical (unpaired) electrons. The monoisotopic (exact) mass is 210 g/mol. The average Bonchev–Trinajstić information content (AvgIpc) is 2.47. The smallest absolute Gasteiger partial charge is 0.323 e. The lowest BCUT2D eigenvalue weighted by Gasteiger charge is -1.99. The fraction of sp³-hybridized carbons (Fsp3) is 0.111. The predicted molar refractivity (Wildman–Crippen MR) is 52.4 cm³/mol. The van der Waals surface area contributed by atoms with Gasteiger partial charge in [-0.3, -0.25) is 4.79 Å². The first-order valence-electron chi connectivity index (χ1n) is 3.99. The molecule has 5 heteroatoms. The van der Waals surface area contributed by atoms with E-state index in [1.165, 1.54) is 6.20 Å². The fourth-order valence-electron chi connectivity index (χ4n) is 1.32. The van der Waals surface area contributed by atoms with E-state index in [1.54, 1.807) is 22.9 Å². The van der Waals surface area contributed by atoms with Gasteiger partial charge in [0.2, 0.25) is 0 Å². The van der Waals surface area contributed by atoms with Crippen LogP contribution < -0.4 is 0 Å². The Labute approximate surface area is 84.7 Å². The standard InChI is InChI=1S/C9H7ClN2O2/c10-7-3-6-1-2-12(5-8(13)14)9(6)11-4-7/h1-4H,5H2,(H,13,14).